The van der Waals surface area contributed by atoms with Gasteiger partial charge in [-0.05, 0) is 38.1 Å². The standard InChI is InChI=1S/C11H13N3O/c15-8-14-10-1-2-11(13-7-10)9-3-5-12-6-4-9/h1-2,7,9,12H,3-6H2. The van der Waals surface area contributed by atoms with Crippen molar-refractivity contribution in [1.82, 2.24) is 10.3 Å². The monoisotopic (exact) mass is 203 g/mol. The molecule has 0 aliphatic carbocycles. The molecule has 2 heterocycles. The number of aliphatic imine (C=N–C) groups is 1. The SMILES string of the molecule is O=C=Nc1ccc(C2CCNCC2)nc1. The van der Waals surface area contributed by atoms with E-state index in [0.717, 1.165) is 31.6 Å². The van der Waals surface area contributed by atoms with Crippen molar-refractivity contribution in [2.45, 2.75) is 18.8 Å². The van der Waals surface area contributed by atoms with Crippen LogP contribution in [-0.2, 0) is 4.79 Å². The van der Waals surface area contributed by atoms with Gasteiger partial charge in [-0.15, -0.1) is 0 Å². The minimum absolute atomic E-state index is 0.542. The minimum atomic E-state index is 0.542. The number of carbonyl (C=O) groups excluding carboxylic acids is 1. The fourth-order valence-corrected chi connectivity index (χ4v) is 1.88. The summed E-state index contributed by atoms with van der Waals surface area (Å²) in [5, 5.41) is 3.32. The van der Waals surface area contributed by atoms with Gasteiger partial charge in [-0.2, -0.15) is 4.99 Å². The maximum atomic E-state index is 10.0. The van der Waals surface area contributed by atoms with Gasteiger partial charge in [-0.1, -0.05) is 0 Å². The molecule has 0 bridgehead atoms. The Hall–Kier alpha value is -1.51. The van der Waals surface area contributed by atoms with Crippen LogP contribution in [0.2, 0.25) is 0 Å². The number of nitrogens with zero attached hydrogens (tertiary/aromatic N) is 2. The lowest BCUT2D eigenvalue weighted by Gasteiger charge is -2.21. The van der Waals surface area contributed by atoms with Crippen molar-refractivity contribution in [3.05, 3.63) is 24.0 Å². The first-order valence-corrected chi connectivity index (χ1v) is 5.14. The fourth-order valence-electron chi connectivity index (χ4n) is 1.88. The van der Waals surface area contributed by atoms with Gasteiger partial charge in [0, 0.05) is 11.6 Å². The van der Waals surface area contributed by atoms with Crippen LogP contribution in [0, 0.1) is 0 Å². The smallest absolute Gasteiger partial charge is 0.240 e. The molecule has 0 spiro atoms. The Morgan fingerprint density at radius 2 is 2.20 bits per heavy atom. The predicted molar refractivity (Wildman–Crippen MR) is 56.9 cm³/mol. The molecule has 0 saturated carbocycles. The highest BCUT2D eigenvalue weighted by atomic mass is 16.1. The van der Waals surface area contributed by atoms with Crippen LogP contribution in [0.25, 0.3) is 0 Å². The number of isocyanates is 1. The molecule has 78 valence electrons. The first-order valence-electron chi connectivity index (χ1n) is 5.14. The van der Waals surface area contributed by atoms with Crippen LogP contribution in [0.4, 0.5) is 5.69 Å². The molecule has 0 atom stereocenters. The molecule has 1 aromatic rings. The van der Waals surface area contributed by atoms with Gasteiger partial charge in [-0.25, -0.2) is 4.79 Å². The van der Waals surface area contributed by atoms with Crippen molar-refractivity contribution < 1.29 is 4.79 Å². The van der Waals surface area contributed by atoms with E-state index in [0.29, 0.717) is 11.6 Å². The molecule has 0 unspecified atom stereocenters. The lowest BCUT2D eigenvalue weighted by Crippen LogP contribution is -2.26. The number of pyridine rings is 1. The molecular weight excluding hydrogens is 190 g/mol. The summed E-state index contributed by atoms with van der Waals surface area (Å²) >= 11 is 0. The van der Waals surface area contributed by atoms with Crippen LogP contribution in [-0.4, -0.2) is 24.2 Å². The third-order valence-electron chi connectivity index (χ3n) is 2.70. The van der Waals surface area contributed by atoms with E-state index in [4.69, 9.17) is 0 Å². The summed E-state index contributed by atoms with van der Waals surface area (Å²) in [7, 11) is 0. The van der Waals surface area contributed by atoms with Crippen molar-refractivity contribution in [2.75, 3.05) is 13.1 Å². The van der Waals surface area contributed by atoms with Crippen LogP contribution < -0.4 is 5.32 Å². The lowest BCUT2D eigenvalue weighted by molar-refractivity contribution is 0.453. The Bertz CT molecular complexity index is 362. The molecule has 1 fully saturated rings. The largest absolute Gasteiger partial charge is 0.317 e. The zero-order valence-electron chi connectivity index (χ0n) is 8.44. The predicted octanol–water partition coefficient (Wildman–Crippen LogP) is 1.52. The van der Waals surface area contributed by atoms with Crippen LogP contribution >= 0.6 is 0 Å². The average Bonchev–Trinajstić information content (AvgIpc) is 2.32. The topological polar surface area (TPSA) is 54.4 Å². The second-order valence-corrected chi connectivity index (χ2v) is 3.67. The fraction of sp³-hybridized carbons (Fsp3) is 0.455. The van der Waals surface area contributed by atoms with Gasteiger partial charge in [0.25, 0.3) is 0 Å². The van der Waals surface area contributed by atoms with Gasteiger partial charge in [0.1, 0.15) is 0 Å². The summed E-state index contributed by atoms with van der Waals surface area (Å²) in [4.78, 5) is 17.9. The molecule has 1 saturated heterocycles. The van der Waals surface area contributed by atoms with E-state index in [1.165, 1.54) is 6.08 Å². The average molecular weight is 203 g/mol. The van der Waals surface area contributed by atoms with Gasteiger partial charge >= 0.3 is 0 Å². The van der Waals surface area contributed by atoms with Crippen LogP contribution in [0.15, 0.2) is 23.3 Å². The minimum Gasteiger partial charge on any atom is -0.317 e. The Kier molecular flexibility index (Phi) is 3.22. The van der Waals surface area contributed by atoms with Gasteiger partial charge < -0.3 is 5.32 Å². The molecule has 1 N–H and O–H groups in total. The van der Waals surface area contributed by atoms with E-state index >= 15 is 0 Å². The second kappa shape index (κ2) is 4.82. The molecule has 4 heteroatoms. The number of hydrogen-bond acceptors (Lipinski definition) is 4. The Balaban J connectivity index is 2.11. The van der Waals surface area contributed by atoms with Crippen LogP contribution in [0.3, 0.4) is 0 Å². The molecule has 2 rings (SSSR count). The molecule has 4 nitrogen and oxygen atoms in total. The van der Waals surface area contributed by atoms with Crippen molar-refractivity contribution >= 4 is 11.8 Å². The Morgan fingerprint density at radius 1 is 1.40 bits per heavy atom. The number of hydrogen-bond donors (Lipinski definition) is 1. The Morgan fingerprint density at radius 3 is 2.80 bits per heavy atom. The summed E-state index contributed by atoms with van der Waals surface area (Å²) in [6.07, 6.45) is 5.39. The summed E-state index contributed by atoms with van der Waals surface area (Å²) in [5.74, 6) is 0.542. The van der Waals surface area contributed by atoms with Crippen LogP contribution in [0.1, 0.15) is 24.5 Å². The number of nitrogens with one attached hydrogen (secondary N) is 1. The number of aromatic nitrogens is 1. The van der Waals surface area contributed by atoms with Gasteiger partial charge in [0.05, 0.1) is 11.9 Å². The second-order valence-electron chi connectivity index (χ2n) is 3.67. The summed E-state index contributed by atoms with van der Waals surface area (Å²) < 4.78 is 0. The van der Waals surface area contributed by atoms with E-state index in [-0.39, 0.29) is 0 Å². The molecular formula is C11H13N3O. The first-order chi connectivity index (χ1) is 7.40. The van der Waals surface area contributed by atoms with E-state index in [9.17, 15) is 4.79 Å². The normalized spacial score (nSPS) is 17.1. The number of piperidine rings is 1. The van der Waals surface area contributed by atoms with Gasteiger partial charge in [-0.3, -0.25) is 4.98 Å². The summed E-state index contributed by atoms with van der Waals surface area (Å²) in [6.45, 7) is 2.11. The molecule has 1 aliphatic rings. The van der Waals surface area contributed by atoms with Gasteiger partial charge in [0.2, 0.25) is 6.08 Å². The third kappa shape index (κ3) is 2.49. The molecule has 1 aromatic heterocycles. The van der Waals surface area contributed by atoms with E-state index in [1.54, 1.807) is 6.20 Å². The molecule has 1 aliphatic heterocycles. The van der Waals surface area contributed by atoms with E-state index in [1.807, 2.05) is 12.1 Å². The highest BCUT2D eigenvalue weighted by Gasteiger charge is 2.15. The maximum Gasteiger partial charge on any atom is 0.240 e. The van der Waals surface area contributed by atoms with Crippen molar-refractivity contribution in [3.8, 4) is 0 Å². The van der Waals surface area contributed by atoms with Crippen molar-refractivity contribution in [1.29, 1.82) is 0 Å². The zero-order valence-corrected chi connectivity index (χ0v) is 8.44. The zero-order chi connectivity index (χ0) is 10.5. The van der Waals surface area contributed by atoms with E-state index in [2.05, 4.69) is 15.3 Å². The van der Waals surface area contributed by atoms with E-state index < -0.39 is 0 Å². The van der Waals surface area contributed by atoms with Crippen molar-refractivity contribution in [3.63, 3.8) is 0 Å². The van der Waals surface area contributed by atoms with Crippen LogP contribution in [0.5, 0.6) is 0 Å². The molecule has 15 heavy (non-hydrogen) atoms. The highest BCUT2D eigenvalue weighted by Crippen LogP contribution is 2.24. The van der Waals surface area contributed by atoms with Gasteiger partial charge in [0.15, 0.2) is 0 Å². The summed E-state index contributed by atoms with van der Waals surface area (Å²) in [6, 6.07) is 3.77. The first kappa shape index (κ1) is 10.0. The maximum absolute atomic E-state index is 10.0. The highest BCUT2D eigenvalue weighted by molar-refractivity contribution is 5.47. The Labute approximate surface area is 88.4 Å². The molecule has 0 amide bonds. The summed E-state index contributed by atoms with van der Waals surface area (Å²) in [5.41, 5.74) is 1.67. The van der Waals surface area contributed by atoms with Crippen molar-refractivity contribution in [2.24, 2.45) is 4.99 Å². The quantitative estimate of drug-likeness (QED) is 0.585. The third-order valence-corrected chi connectivity index (χ3v) is 2.70. The molecule has 0 aromatic carbocycles. The number of rotatable bonds is 2. The lowest BCUT2D eigenvalue weighted by atomic mass is 9.94. The molecule has 0 radical (unpaired) electrons.